The molecule has 0 unspecified atom stereocenters. The van der Waals surface area contributed by atoms with Crippen molar-refractivity contribution >= 4 is 11.0 Å². The van der Waals surface area contributed by atoms with Gasteiger partial charge in [0.1, 0.15) is 11.4 Å². The first kappa shape index (κ1) is 24.1. The summed E-state index contributed by atoms with van der Waals surface area (Å²) in [4.78, 5) is 31.2. The van der Waals surface area contributed by atoms with Crippen LogP contribution in [0.25, 0.3) is 33.8 Å². The fourth-order valence-electron chi connectivity index (χ4n) is 5.91. The summed E-state index contributed by atoms with van der Waals surface area (Å²) in [6.07, 6.45) is 7.83. The maximum Gasteiger partial charge on any atom is 0.115 e. The topological polar surface area (TPSA) is 121 Å². The minimum absolute atomic E-state index is 0.0000518. The van der Waals surface area contributed by atoms with Crippen molar-refractivity contribution < 1.29 is 0 Å². The summed E-state index contributed by atoms with van der Waals surface area (Å²) >= 11 is 0. The summed E-state index contributed by atoms with van der Waals surface area (Å²) in [5, 5.41) is 0. The molecule has 0 atom stereocenters. The van der Waals surface area contributed by atoms with E-state index in [0.29, 0.717) is 0 Å². The molecule has 0 saturated heterocycles. The summed E-state index contributed by atoms with van der Waals surface area (Å²) in [6.45, 7) is 0. The average Bonchev–Trinajstić information content (AvgIpc) is 3.85. The third-order valence-corrected chi connectivity index (χ3v) is 7.85. The molecule has 0 fully saturated rings. The van der Waals surface area contributed by atoms with Crippen LogP contribution in [-0.2, 0) is 0 Å². The molecule has 42 heavy (non-hydrogen) atoms. The highest BCUT2D eigenvalue weighted by Crippen LogP contribution is 2.36. The van der Waals surface area contributed by atoms with Crippen molar-refractivity contribution in [1.82, 2.24) is 39.9 Å². The van der Waals surface area contributed by atoms with E-state index >= 15 is 0 Å². The monoisotopic (exact) mass is 548 g/mol. The zero-order valence-corrected chi connectivity index (χ0v) is 22.6. The number of aromatic amines is 6. The predicted octanol–water partition coefficient (Wildman–Crippen LogP) is 7.29. The molecule has 0 aliphatic carbocycles. The lowest BCUT2D eigenvalue weighted by atomic mass is 9.98. The summed E-state index contributed by atoms with van der Waals surface area (Å²) in [5.74, 6) is 0.000104. The van der Waals surface area contributed by atoms with E-state index in [4.69, 9.17) is 9.97 Å². The summed E-state index contributed by atoms with van der Waals surface area (Å²) in [5.41, 5.74) is 11.6. The highest BCUT2D eigenvalue weighted by atomic mass is 14.9. The van der Waals surface area contributed by atoms with Crippen molar-refractivity contribution in [2.24, 2.45) is 0 Å². The Morgan fingerprint density at radius 3 is 1.10 bits per heavy atom. The van der Waals surface area contributed by atoms with Gasteiger partial charge in [0.15, 0.2) is 0 Å². The maximum atomic E-state index is 5.13. The number of hydrogen-bond donors (Lipinski definition) is 6. The number of rotatable bonds is 8. The molecule has 0 amide bonds. The normalized spacial score (nSPS) is 11.8. The first-order valence-corrected chi connectivity index (χ1v) is 14.0. The lowest BCUT2D eigenvalue weighted by molar-refractivity contribution is 0.867. The van der Waals surface area contributed by atoms with Crippen LogP contribution in [0.2, 0.25) is 0 Å². The minimum Gasteiger partial charge on any atom is -0.364 e. The van der Waals surface area contributed by atoms with E-state index in [1.807, 2.05) is 73.3 Å². The zero-order chi connectivity index (χ0) is 27.9. The molecule has 8 heteroatoms. The standard InChI is InChI=1S/C34H28N8/c1-2-8-22-21(7-1)41-33(29-15-13-27(39-29)31(23-9-3-17-35-23)24-10-4-18-36-24)34(42-22)30-16-14-28(40-30)32(25-11-5-19-37-25)26-12-6-20-38-26/h1-20,31-32,35-40H. The Labute approximate surface area is 241 Å². The molecule has 0 spiro atoms. The lowest BCUT2D eigenvalue weighted by Gasteiger charge is -2.14. The number of hydrogen-bond acceptors (Lipinski definition) is 2. The third kappa shape index (κ3) is 4.17. The number of fused-ring (bicyclic) bond motifs is 1. The van der Waals surface area contributed by atoms with Gasteiger partial charge in [-0.05, 0) is 84.9 Å². The molecule has 1 aromatic carbocycles. The van der Waals surface area contributed by atoms with Gasteiger partial charge in [-0.15, -0.1) is 0 Å². The molecule has 8 nitrogen and oxygen atoms in total. The highest BCUT2D eigenvalue weighted by molar-refractivity contribution is 5.84. The van der Waals surface area contributed by atoms with Gasteiger partial charge in [0.2, 0.25) is 0 Å². The SMILES string of the molecule is c1c[nH]c(C(c2ccc[nH]2)c2ccc(-c3nc4ccccc4nc3-c3ccc(C(c4ccc[nH]4)c4ccc[nH]4)[nH]3)[nH]2)c1. The van der Waals surface area contributed by atoms with E-state index in [1.54, 1.807) is 0 Å². The van der Waals surface area contributed by atoms with Crippen LogP contribution in [0.3, 0.4) is 0 Å². The van der Waals surface area contributed by atoms with Crippen LogP contribution in [0.4, 0.5) is 0 Å². The summed E-state index contributed by atoms with van der Waals surface area (Å²) < 4.78 is 0. The first-order chi connectivity index (χ1) is 20.8. The van der Waals surface area contributed by atoms with Gasteiger partial charge in [0.05, 0.1) is 34.3 Å². The second-order valence-electron chi connectivity index (χ2n) is 10.4. The first-order valence-electron chi connectivity index (χ1n) is 14.0. The second kappa shape index (κ2) is 10.0. The predicted molar refractivity (Wildman–Crippen MR) is 164 cm³/mol. The van der Waals surface area contributed by atoms with E-state index in [9.17, 15) is 0 Å². The van der Waals surface area contributed by atoms with Gasteiger partial charge < -0.3 is 29.9 Å². The van der Waals surface area contributed by atoms with Crippen molar-refractivity contribution in [1.29, 1.82) is 0 Å². The molecule has 7 heterocycles. The average molecular weight is 549 g/mol. The van der Waals surface area contributed by atoms with Crippen LogP contribution in [0, 0.1) is 0 Å². The number of benzene rings is 1. The van der Waals surface area contributed by atoms with Crippen molar-refractivity contribution in [2.75, 3.05) is 0 Å². The molecule has 0 saturated carbocycles. The van der Waals surface area contributed by atoms with Gasteiger partial charge in [0, 0.05) is 59.0 Å². The Kier molecular flexibility index (Phi) is 5.74. The van der Waals surface area contributed by atoms with E-state index in [-0.39, 0.29) is 11.8 Å². The molecule has 8 aromatic rings. The molecule has 204 valence electrons. The number of nitrogens with one attached hydrogen (secondary N) is 6. The Morgan fingerprint density at radius 2 is 0.762 bits per heavy atom. The zero-order valence-electron chi connectivity index (χ0n) is 22.6. The molecule has 6 N–H and O–H groups in total. The van der Waals surface area contributed by atoms with Crippen molar-refractivity contribution in [2.45, 2.75) is 11.8 Å². The van der Waals surface area contributed by atoms with Crippen LogP contribution in [0.1, 0.15) is 46.0 Å². The Morgan fingerprint density at radius 1 is 0.381 bits per heavy atom. The molecule has 0 radical (unpaired) electrons. The molecule has 0 bridgehead atoms. The lowest BCUT2D eigenvalue weighted by Crippen LogP contribution is -2.05. The van der Waals surface area contributed by atoms with Gasteiger partial charge in [-0.3, -0.25) is 0 Å². The van der Waals surface area contributed by atoms with Gasteiger partial charge in [-0.25, -0.2) is 9.97 Å². The number of para-hydroxylation sites is 2. The molecule has 0 aliphatic heterocycles. The van der Waals surface area contributed by atoms with Crippen LogP contribution < -0.4 is 0 Å². The van der Waals surface area contributed by atoms with Crippen molar-refractivity contribution in [3.05, 3.63) is 156 Å². The molecule has 0 aliphatic rings. The van der Waals surface area contributed by atoms with Gasteiger partial charge in [0.25, 0.3) is 0 Å². The smallest absolute Gasteiger partial charge is 0.115 e. The third-order valence-electron chi connectivity index (χ3n) is 7.85. The molecular weight excluding hydrogens is 520 g/mol. The van der Waals surface area contributed by atoms with Gasteiger partial charge in [-0.1, -0.05) is 12.1 Å². The fourth-order valence-corrected chi connectivity index (χ4v) is 5.91. The molecule has 8 rings (SSSR count). The number of nitrogens with zero attached hydrogens (tertiary/aromatic N) is 2. The largest absolute Gasteiger partial charge is 0.364 e. The Bertz CT molecular complexity index is 1820. The number of aromatic nitrogens is 8. The highest BCUT2D eigenvalue weighted by Gasteiger charge is 2.24. The van der Waals surface area contributed by atoms with E-state index < -0.39 is 0 Å². The van der Waals surface area contributed by atoms with E-state index in [2.05, 4.69) is 78.4 Å². The van der Waals surface area contributed by atoms with Crippen LogP contribution in [0.5, 0.6) is 0 Å². The quantitative estimate of drug-likeness (QED) is 0.119. The molecule has 7 aromatic heterocycles. The Balaban J connectivity index is 1.25. The van der Waals surface area contributed by atoms with E-state index in [1.165, 1.54) is 0 Å². The van der Waals surface area contributed by atoms with Gasteiger partial charge in [-0.2, -0.15) is 0 Å². The summed E-state index contributed by atoms with van der Waals surface area (Å²) in [7, 11) is 0. The van der Waals surface area contributed by atoms with Crippen molar-refractivity contribution in [3.63, 3.8) is 0 Å². The van der Waals surface area contributed by atoms with Crippen LogP contribution >= 0.6 is 0 Å². The second-order valence-corrected chi connectivity index (χ2v) is 10.4. The van der Waals surface area contributed by atoms with Crippen LogP contribution in [-0.4, -0.2) is 39.9 Å². The number of H-pyrrole nitrogens is 6. The van der Waals surface area contributed by atoms with Gasteiger partial charge >= 0.3 is 0 Å². The van der Waals surface area contributed by atoms with E-state index in [0.717, 1.165) is 68.0 Å². The van der Waals surface area contributed by atoms with Crippen LogP contribution in [0.15, 0.2) is 122 Å². The minimum atomic E-state index is 0.0000518. The summed E-state index contributed by atoms with van der Waals surface area (Å²) in [6, 6.07) is 33.0. The fraction of sp³-hybridized carbons (Fsp3) is 0.0588. The van der Waals surface area contributed by atoms with Crippen molar-refractivity contribution in [3.8, 4) is 22.8 Å². The molecular formula is C34H28N8. The Hall–Kier alpha value is -5.76. The maximum absolute atomic E-state index is 5.13.